The van der Waals surface area contributed by atoms with E-state index in [1.54, 1.807) is 0 Å². The molecule has 0 bridgehead atoms. The van der Waals surface area contributed by atoms with Crippen molar-refractivity contribution in [2.24, 2.45) is 5.41 Å². The molecule has 0 aromatic heterocycles. The van der Waals surface area contributed by atoms with Gasteiger partial charge >= 0.3 is 0 Å². The highest BCUT2D eigenvalue weighted by molar-refractivity contribution is 5.33. The number of hydrogen-bond acceptors (Lipinski definition) is 0. The van der Waals surface area contributed by atoms with Crippen LogP contribution in [0.25, 0.3) is 0 Å². The van der Waals surface area contributed by atoms with Gasteiger partial charge in [-0.05, 0) is 33.8 Å². The predicted octanol–water partition coefficient (Wildman–Crippen LogP) is 5.70. The number of rotatable bonds is 2. The van der Waals surface area contributed by atoms with E-state index in [1.165, 1.54) is 17.5 Å². The van der Waals surface area contributed by atoms with Crippen molar-refractivity contribution in [2.75, 3.05) is 0 Å². The largest absolute Gasteiger partial charge is 0.0617 e. The average Bonchev–Trinajstić information content (AvgIpc) is 2.13. The standard InChI is InChI=1S/C18H30/c1-16(2,3)13-18(7,8)15-11-9-10-14(12-15)17(4,5)6/h9-12H,13H2,1-8H3. The van der Waals surface area contributed by atoms with E-state index in [2.05, 4.69) is 79.7 Å². The maximum absolute atomic E-state index is 2.39. The van der Waals surface area contributed by atoms with Gasteiger partial charge in [0.05, 0.1) is 0 Å². The Kier molecular flexibility index (Phi) is 4.00. The molecular formula is C18H30. The third kappa shape index (κ3) is 4.15. The second-order valence-electron chi connectivity index (χ2n) is 8.45. The molecule has 0 N–H and O–H groups in total. The third-order valence-electron chi connectivity index (χ3n) is 3.48. The Morgan fingerprint density at radius 1 is 0.778 bits per heavy atom. The fourth-order valence-corrected chi connectivity index (χ4v) is 2.83. The number of hydrogen-bond donors (Lipinski definition) is 0. The smallest absolute Gasteiger partial charge is 0.00985 e. The van der Waals surface area contributed by atoms with Crippen LogP contribution in [0.15, 0.2) is 24.3 Å². The average molecular weight is 246 g/mol. The van der Waals surface area contributed by atoms with Gasteiger partial charge in [-0.1, -0.05) is 79.7 Å². The molecule has 102 valence electrons. The van der Waals surface area contributed by atoms with Crippen LogP contribution in [0.2, 0.25) is 0 Å². The zero-order valence-corrected chi connectivity index (χ0v) is 13.5. The zero-order valence-electron chi connectivity index (χ0n) is 13.5. The van der Waals surface area contributed by atoms with E-state index in [0.717, 1.165) is 0 Å². The summed E-state index contributed by atoms with van der Waals surface area (Å²) in [6.07, 6.45) is 1.20. The van der Waals surface area contributed by atoms with E-state index >= 15 is 0 Å². The van der Waals surface area contributed by atoms with E-state index < -0.39 is 0 Å². The van der Waals surface area contributed by atoms with Crippen molar-refractivity contribution in [1.82, 2.24) is 0 Å². The lowest BCUT2D eigenvalue weighted by molar-refractivity contribution is 0.284. The molecule has 0 aliphatic heterocycles. The summed E-state index contributed by atoms with van der Waals surface area (Å²) in [5.74, 6) is 0. The molecule has 0 aliphatic rings. The predicted molar refractivity (Wildman–Crippen MR) is 82.2 cm³/mol. The lowest BCUT2D eigenvalue weighted by Gasteiger charge is -2.34. The van der Waals surface area contributed by atoms with Gasteiger partial charge in [0.1, 0.15) is 0 Å². The molecule has 1 aromatic carbocycles. The monoisotopic (exact) mass is 246 g/mol. The molecule has 0 aliphatic carbocycles. The van der Waals surface area contributed by atoms with E-state index in [9.17, 15) is 0 Å². The Balaban J connectivity index is 3.10. The van der Waals surface area contributed by atoms with Crippen molar-refractivity contribution in [1.29, 1.82) is 0 Å². The van der Waals surface area contributed by atoms with Gasteiger partial charge in [0.25, 0.3) is 0 Å². The second-order valence-corrected chi connectivity index (χ2v) is 8.45. The van der Waals surface area contributed by atoms with E-state index in [0.29, 0.717) is 5.41 Å². The van der Waals surface area contributed by atoms with E-state index in [-0.39, 0.29) is 10.8 Å². The van der Waals surface area contributed by atoms with Gasteiger partial charge in [0.15, 0.2) is 0 Å². The van der Waals surface area contributed by atoms with Crippen molar-refractivity contribution in [3.8, 4) is 0 Å². The van der Waals surface area contributed by atoms with Crippen molar-refractivity contribution in [2.45, 2.75) is 72.6 Å². The van der Waals surface area contributed by atoms with Crippen LogP contribution in [0, 0.1) is 5.41 Å². The normalized spacial score (nSPS) is 13.8. The molecule has 1 aromatic rings. The molecule has 0 spiro atoms. The SMILES string of the molecule is CC(C)(C)CC(C)(C)c1cccc(C(C)(C)C)c1. The van der Waals surface area contributed by atoms with Gasteiger partial charge < -0.3 is 0 Å². The van der Waals surface area contributed by atoms with E-state index in [1.807, 2.05) is 0 Å². The summed E-state index contributed by atoms with van der Waals surface area (Å²) < 4.78 is 0. The quantitative estimate of drug-likeness (QED) is 0.628. The first-order valence-electron chi connectivity index (χ1n) is 7.03. The summed E-state index contributed by atoms with van der Waals surface area (Å²) in [4.78, 5) is 0. The first-order chi connectivity index (χ1) is 7.92. The van der Waals surface area contributed by atoms with Crippen molar-refractivity contribution < 1.29 is 0 Å². The fraction of sp³-hybridized carbons (Fsp3) is 0.667. The Labute approximate surface area is 114 Å². The van der Waals surface area contributed by atoms with E-state index in [4.69, 9.17) is 0 Å². The minimum Gasteiger partial charge on any atom is -0.0617 e. The van der Waals surface area contributed by atoms with Crippen LogP contribution in [0.3, 0.4) is 0 Å². The summed E-state index contributed by atoms with van der Waals surface area (Å²) in [6.45, 7) is 18.5. The third-order valence-corrected chi connectivity index (χ3v) is 3.48. The minimum atomic E-state index is 0.230. The van der Waals surface area contributed by atoms with Gasteiger partial charge in [0.2, 0.25) is 0 Å². The molecule has 0 amide bonds. The van der Waals surface area contributed by atoms with Gasteiger partial charge in [-0.25, -0.2) is 0 Å². The summed E-state index contributed by atoms with van der Waals surface area (Å²) >= 11 is 0. The van der Waals surface area contributed by atoms with Gasteiger partial charge in [-0.3, -0.25) is 0 Å². The maximum atomic E-state index is 2.39. The molecule has 0 heteroatoms. The van der Waals surface area contributed by atoms with Crippen LogP contribution < -0.4 is 0 Å². The molecule has 0 saturated carbocycles. The van der Waals surface area contributed by atoms with Crippen molar-refractivity contribution >= 4 is 0 Å². The van der Waals surface area contributed by atoms with Gasteiger partial charge in [0, 0.05) is 0 Å². The molecular weight excluding hydrogens is 216 g/mol. The van der Waals surface area contributed by atoms with Crippen molar-refractivity contribution in [3.05, 3.63) is 35.4 Å². The second kappa shape index (κ2) is 4.72. The first-order valence-corrected chi connectivity index (χ1v) is 7.03. The molecule has 0 nitrogen and oxygen atoms in total. The van der Waals surface area contributed by atoms with Crippen LogP contribution in [0.4, 0.5) is 0 Å². The first kappa shape index (κ1) is 15.3. The molecule has 0 unspecified atom stereocenters. The molecule has 0 atom stereocenters. The Hall–Kier alpha value is -0.780. The van der Waals surface area contributed by atoms with Crippen LogP contribution in [0.1, 0.15) is 72.9 Å². The van der Waals surface area contributed by atoms with Crippen LogP contribution in [-0.4, -0.2) is 0 Å². The molecule has 0 fully saturated rings. The van der Waals surface area contributed by atoms with Gasteiger partial charge in [-0.15, -0.1) is 0 Å². The summed E-state index contributed by atoms with van der Waals surface area (Å²) in [7, 11) is 0. The molecule has 0 radical (unpaired) electrons. The Morgan fingerprint density at radius 2 is 1.28 bits per heavy atom. The highest BCUT2D eigenvalue weighted by atomic mass is 14.3. The summed E-state index contributed by atoms with van der Waals surface area (Å²) in [6, 6.07) is 9.13. The van der Waals surface area contributed by atoms with Crippen LogP contribution >= 0.6 is 0 Å². The molecule has 0 saturated heterocycles. The summed E-state index contributed by atoms with van der Waals surface area (Å²) in [5, 5.41) is 0. The molecule has 18 heavy (non-hydrogen) atoms. The van der Waals surface area contributed by atoms with Gasteiger partial charge in [-0.2, -0.15) is 0 Å². The lowest BCUT2D eigenvalue weighted by atomic mass is 9.71. The lowest BCUT2D eigenvalue weighted by Crippen LogP contribution is -2.25. The topological polar surface area (TPSA) is 0 Å². The zero-order chi connectivity index (χ0) is 14.2. The molecule has 1 rings (SSSR count). The molecule has 0 heterocycles. The maximum Gasteiger partial charge on any atom is -0.00985 e. The summed E-state index contributed by atoms with van der Waals surface area (Å²) in [5.41, 5.74) is 3.72. The number of benzene rings is 1. The highest BCUT2D eigenvalue weighted by Crippen LogP contribution is 2.37. The van der Waals surface area contributed by atoms with Crippen LogP contribution in [-0.2, 0) is 10.8 Å². The minimum absolute atomic E-state index is 0.230. The highest BCUT2D eigenvalue weighted by Gasteiger charge is 2.28. The van der Waals surface area contributed by atoms with Crippen LogP contribution in [0.5, 0.6) is 0 Å². The Bertz CT molecular complexity index is 397. The van der Waals surface area contributed by atoms with Crippen molar-refractivity contribution in [3.63, 3.8) is 0 Å². The Morgan fingerprint density at radius 3 is 1.72 bits per heavy atom. The fourth-order valence-electron chi connectivity index (χ4n) is 2.83.